The maximum Gasteiger partial charge on any atom is 0.303 e. The number of rotatable bonds is 6. The van der Waals surface area contributed by atoms with Crippen LogP contribution in [0.25, 0.3) is 0 Å². The summed E-state index contributed by atoms with van der Waals surface area (Å²) in [6.45, 7) is 6.67. The summed E-state index contributed by atoms with van der Waals surface area (Å²) in [4.78, 5) is 10.8. The van der Waals surface area contributed by atoms with Crippen molar-refractivity contribution in [1.82, 2.24) is 0 Å². The van der Waals surface area contributed by atoms with Crippen molar-refractivity contribution in [2.24, 2.45) is 5.41 Å². The van der Waals surface area contributed by atoms with Crippen LogP contribution in [0, 0.1) is 5.41 Å². The lowest BCUT2D eigenvalue weighted by molar-refractivity contribution is -0.138. The standard InChI is InChI=1S/C17H24O2S/c1-16(2,3)14-6-4-13(5-7-14)11-20-12-17(8-9-17)10-15(18)19/h4-7H,8-12H2,1-3H3,(H,18,19). The number of carbonyl (C=O) groups is 1. The van der Waals surface area contributed by atoms with Crippen molar-refractivity contribution >= 4 is 17.7 Å². The first kappa shape index (κ1) is 15.4. The zero-order chi connectivity index (χ0) is 14.8. The van der Waals surface area contributed by atoms with Gasteiger partial charge in [0.05, 0.1) is 6.42 Å². The third-order valence-electron chi connectivity index (χ3n) is 3.98. The molecule has 1 aliphatic rings. The summed E-state index contributed by atoms with van der Waals surface area (Å²) < 4.78 is 0. The topological polar surface area (TPSA) is 37.3 Å². The molecule has 2 rings (SSSR count). The molecule has 1 N–H and O–H groups in total. The zero-order valence-electron chi connectivity index (χ0n) is 12.6. The molecular formula is C17H24O2S. The first-order chi connectivity index (χ1) is 9.31. The van der Waals surface area contributed by atoms with E-state index in [1.54, 1.807) is 0 Å². The Labute approximate surface area is 126 Å². The molecule has 1 aromatic carbocycles. The van der Waals surface area contributed by atoms with Crippen molar-refractivity contribution in [2.45, 2.75) is 51.2 Å². The highest BCUT2D eigenvalue weighted by atomic mass is 32.2. The minimum atomic E-state index is -0.655. The maximum atomic E-state index is 10.8. The highest BCUT2D eigenvalue weighted by Crippen LogP contribution is 2.51. The van der Waals surface area contributed by atoms with E-state index in [0.717, 1.165) is 24.3 Å². The van der Waals surface area contributed by atoms with E-state index in [-0.39, 0.29) is 10.8 Å². The molecule has 1 aromatic rings. The van der Waals surface area contributed by atoms with Crippen molar-refractivity contribution in [3.63, 3.8) is 0 Å². The second-order valence-corrected chi connectivity index (χ2v) is 8.00. The van der Waals surface area contributed by atoms with Gasteiger partial charge in [0.2, 0.25) is 0 Å². The Bertz CT molecular complexity index is 467. The second kappa shape index (κ2) is 5.80. The van der Waals surface area contributed by atoms with E-state index < -0.39 is 5.97 Å². The molecule has 2 nitrogen and oxygen atoms in total. The molecule has 0 spiro atoms. The third kappa shape index (κ3) is 4.27. The van der Waals surface area contributed by atoms with Gasteiger partial charge < -0.3 is 5.11 Å². The van der Waals surface area contributed by atoms with E-state index in [9.17, 15) is 4.79 Å². The van der Waals surface area contributed by atoms with Crippen LogP contribution >= 0.6 is 11.8 Å². The molecule has 0 amide bonds. The van der Waals surface area contributed by atoms with E-state index in [0.29, 0.717) is 6.42 Å². The van der Waals surface area contributed by atoms with Gasteiger partial charge in [-0.1, -0.05) is 45.0 Å². The average molecular weight is 292 g/mol. The smallest absolute Gasteiger partial charge is 0.303 e. The highest BCUT2D eigenvalue weighted by Gasteiger charge is 2.43. The summed E-state index contributed by atoms with van der Waals surface area (Å²) in [5.41, 5.74) is 2.98. The minimum absolute atomic E-state index is 0.0991. The first-order valence-electron chi connectivity index (χ1n) is 7.20. The normalized spacial score (nSPS) is 16.9. The molecule has 0 aliphatic heterocycles. The van der Waals surface area contributed by atoms with Crippen LogP contribution in [0.4, 0.5) is 0 Å². The van der Waals surface area contributed by atoms with E-state index in [4.69, 9.17) is 5.11 Å². The summed E-state index contributed by atoms with van der Waals surface area (Å²) in [7, 11) is 0. The lowest BCUT2D eigenvalue weighted by Gasteiger charge is -2.19. The average Bonchev–Trinajstić information content (AvgIpc) is 3.07. The monoisotopic (exact) mass is 292 g/mol. The zero-order valence-corrected chi connectivity index (χ0v) is 13.4. The fourth-order valence-corrected chi connectivity index (χ4v) is 3.71. The predicted molar refractivity (Wildman–Crippen MR) is 85.2 cm³/mol. The number of hydrogen-bond donors (Lipinski definition) is 1. The van der Waals surface area contributed by atoms with Crippen molar-refractivity contribution in [2.75, 3.05) is 5.75 Å². The molecule has 3 heteroatoms. The summed E-state index contributed by atoms with van der Waals surface area (Å²) >= 11 is 1.87. The Morgan fingerprint density at radius 2 is 1.85 bits per heavy atom. The molecule has 0 aromatic heterocycles. The molecule has 0 saturated heterocycles. The molecule has 0 bridgehead atoms. The van der Waals surface area contributed by atoms with Crippen LogP contribution in [0.5, 0.6) is 0 Å². The van der Waals surface area contributed by atoms with Gasteiger partial charge in [0.15, 0.2) is 0 Å². The second-order valence-electron chi connectivity index (χ2n) is 7.01. The number of aliphatic carboxylic acids is 1. The molecule has 1 fully saturated rings. The van der Waals surface area contributed by atoms with Gasteiger partial charge >= 0.3 is 5.97 Å². The Hall–Kier alpha value is -0.960. The van der Waals surface area contributed by atoms with E-state index >= 15 is 0 Å². The molecule has 0 unspecified atom stereocenters. The Morgan fingerprint density at radius 1 is 1.25 bits per heavy atom. The van der Waals surface area contributed by atoms with E-state index in [2.05, 4.69) is 45.0 Å². The molecule has 20 heavy (non-hydrogen) atoms. The predicted octanol–water partition coefficient (Wildman–Crippen LogP) is 4.47. The molecule has 0 atom stereocenters. The largest absolute Gasteiger partial charge is 0.481 e. The van der Waals surface area contributed by atoms with Gasteiger partial charge in [-0.2, -0.15) is 11.8 Å². The highest BCUT2D eigenvalue weighted by molar-refractivity contribution is 7.98. The van der Waals surface area contributed by atoms with E-state index in [1.807, 2.05) is 11.8 Å². The lowest BCUT2D eigenvalue weighted by atomic mass is 9.87. The van der Waals surface area contributed by atoms with Gasteiger partial charge in [-0.15, -0.1) is 0 Å². The Kier molecular flexibility index (Phi) is 4.48. The van der Waals surface area contributed by atoms with Crippen molar-refractivity contribution in [3.05, 3.63) is 35.4 Å². The lowest BCUT2D eigenvalue weighted by Crippen LogP contribution is -2.11. The maximum absolute atomic E-state index is 10.8. The Morgan fingerprint density at radius 3 is 2.30 bits per heavy atom. The van der Waals surface area contributed by atoms with Crippen LogP contribution in [0.15, 0.2) is 24.3 Å². The summed E-state index contributed by atoms with van der Waals surface area (Å²) in [5.74, 6) is 1.30. The fraction of sp³-hybridized carbons (Fsp3) is 0.588. The van der Waals surface area contributed by atoms with Gasteiger partial charge in [-0.3, -0.25) is 4.79 Å². The first-order valence-corrected chi connectivity index (χ1v) is 8.35. The SMILES string of the molecule is CC(C)(C)c1ccc(CSCC2(CC(=O)O)CC2)cc1. The summed E-state index contributed by atoms with van der Waals surface area (Å²) in [6.07, 6.45) is 2.49. The quantitative estimate of drug-likeness (QED) is 0.840. The minimum Gasteiger partial charge on any atom is -0.481 e. The molecule has 0 heterocycles. The number of carboxylic acids is 1. The Balaban J connectivity index is 1.82. The van der Waals surface area contributed by atoms with Crippen LogP contribution in [0.3, 0.4) is 0 Å². The van der Waals surface area contributed by atoms with Crippen molar-refractivity contribution < 1.29 is 9.90 Å². The molecular weight excluding hydrogens is 268 g/mol. The molecule has 1 aliphatic carbocycles. The number of carboxylic acid groups (broad SMARTS) is 1. The summed E-state index contributed by atoms with van der Waals surface area (Å²) in [5, 5.41) is 8.90. The van der Waals surface area contributed by atoms with Crippen molar-refractivity contribution in [3.8, 4) is 0 Å². The molecule has 110 valence electrons. The van der Waals surface area contributed by atoms with Crippen LogP contribution in [-0.2, 0) is 16.0 Å². The van der Waals surface area contributed by atoms with E-state index in [1.165, 1.54) is 11.1 Å². The van der Waals surface area contributed by atoms with Crippen LogP contribution in [0.2, 0.25) is 0 Å². The number of hydrogen-bond acceptors (Lipinski definition) is 2. The van der Waals surface area contributed by atoms with Crippen molar-refractivity contribution in [1.29, 1.82) is 0 Å². The van der Waals surface area contributed by atoms with Crippen LogP contribution < -0.4 is 0 Å². The summed E-state index contributed by atoms with van der Waals surface area (Å²) in [6, 6.07) is 8.81. The molecule has 1 saturated carbocycles. The van der Waals surface area contributed by atoms with Crippen LogP contribution in [-0.4, -0.2) is 16.8 Å². The number of benzene rings is 1. The van der Waals surface area contributed by atoms with Gasteiger partial charge in [0, 0.05) is 5.75 Å². The van der Waals surface area contributed by atoms with Crippen LogP contribution in [0.1, 0.15) is 51.2 Å². The van der Waals surface area contributed by atoms with Gasteiger partial charge in [-0.05, 0) is 40.6 Å². The molecule has 0 radical (unpaired) electrons. The van der Waals surface area contributed by atoms with Gasteiger partial charge in [0.1, 0.15) is 0 Å². The van der Waals surface area contributed by atoms with Gasteiger partial charge in [-0.25, -0.2) is 0 Å². The third-order valence-corrected chi connectivity index (χ3v) is 5.33. The fourth-order valence-electron chi connectivity index (χ4n) is 2.36. The number of thioether (sulfide) groups is 1. The van der Waals surface area contributed by atoms with Gasteiger partial charge in [0.25, 0.3) is 0 Å².